The Morgan fingerprint density at radius 3 is 2.93 bits per heavy atom. The minimum absolute atomic E-state index is 0.344. The van der Waals surface area contributed by atoms with Crippen LogP contribution in [0.4, 0.5) is 0 Å². The molecule has 0 aliphatic heterocycles. The number of fused-ring (bicyclic) bond motifs is 1. The lowest BCUT2D eigenvalue weighted by Gasteiger charge is -2.10. The Hall–Kier alpha value is -0.850. The summed E-state index contributed by atoms with van der Waals surface area (Å²) in [6.45, 7) is 8.31. The van der Waals surface area contributed by atoms with Crippen molar-refractivity contribution in [2.24, 2.45) is 17.3 Å². The fourth-order valence-electron chi connectivity index (χ4n) is 2.94. The number of allylic oxidation sites excluding steroid dienone is 3. The second-order valence-electron chi connectivity index (χ2n) is 5.45. The van der Waals surface area contributed by atoms with Gasteiger partial charge in [0.1, 0.15) is 0 Å². The maximum Gasteiger partial charge on any atom is 0.158 e. The van der Waals surface area contributed by atoms with Gasteiger partial charge in [0, 0.05) is 6.42 Å². The summed E-state index contributed by atoms with van der Waals surface area (Å²) in [5.41, 5.74) is 1.57. The van der Waals surface area contributed by atoms with Crippen LogP contribution in [0.5, 0.6) is 0 Å². The second kappa shape index (κ2) is 3.62. The van der Waals surface area contributed by atoms with E-state index in [-0.39, 0.29) is 0 Å². The smallest absolute Gasteiger partial charge is 0.158 e. The van der Waals surface area contributed by atoms with Crippen molar-refractivity contribution in [3.8, 4) is 0 Å². The van der Waals surface area contributed by atoms with E-state index in [2.05, 4.69) is 26.5 Å². The zero-order valence-corrected chi connectivity index (χ0v) is 9.75. The van der Waals surface area contributed by atoms with E-state index in [0.717, 1.165) is 36.7 Å². The quantitative estimate of drug-likeness (QED) is 0.640. The average molecular weight is 204 g/mol. The van der Waals surface area contributed by atoms with Crippen LogP contribution in [0.3, 0.4) is 0 Å². The molecule has 2 aliphatic rings. The van der Waals surface area contributed by atoms with Crippen LogP contribution in [-0.4, -0.2) is 5.78 Å². The first-order chi connectivity index (χ1) is 7.07. The molecule has 0 aromatic rings. The third kappa shape index (κ3) is 1.80. The molecule has 0 bridgehead atoms. The number of hydrogen-bond acceptors (Lipinski definition) is 1. The zero-order valence-electron chi connectivity index (χ0n) is 9.75. The number of carbonyl (C=O) groups excluding carboxylic acids is 1. The van der Waals surface area contributed by atoms with Crippen molar-refractivity contribution in [2.75, 3.05) is 0 Å². The van der Waals surface area contributed by atoms with Gasteiger partial charge in [-0.25, -0.2) is 0 Å². The van der Waals surface area contributed by atoms with Gasteiger partial charge in [-0.05, 0) is 42.1 Å². The van der Waals surface area contributed by atoms with Crippen LogP contribution in [0.25, 0.3) is 0 Å². The van der Waals surface area contributed by atoms with Crippen molar-refractivity contribution in [3.05, 3.63) is 24.3 Å². The molecule has 0 amide bonds. The van der Waals surface area contributed by atoms with E-state index in [1.165, 1.54) is 0 Å². The first kappa shape index (κ1) is 10.7. The summed E-state index contributed by atoms with van der Waals surface area (Å²) >= 11 is 0. The molecule has 0 N–H and O–H groups in total. The van der Waals surface area contributed by atoms with Crippen LogP contribution < -0.4 is 0 Å². The summed E-state index contributed by atoms with van der Waals surface area (Å²) in [6, 6.07) is 0. The largest absolute Gasteiger partial charge is 0.295 e. The lowest BCUT2D eigenvalue weighted by Crippen LogP contribution is -2.06. The van der Waals surface area contributed by atoms with Crippen molar-refractivity contribution in [3.63, 3.8) is 0 Å². The van der Waals surface area contributed by atoms with Crippen LogP contribution in [0.2, 0.25) is 0 Å². The van der Waals surface area contributed by atoms with E-state index in [9.17, 15) is 4.79 Å². The predicted molar refractivity (Wildman–Crippen MR) is 62.5 cm³/mol. The molecule has 2 rings (SSSR count). The molecular formula is C14H20O. The standard InChI is InChI=1S/C14H20O/c1-4-5-6-13(15)10-7-8-11-12(9-10)14(11,2)3/h4,7,11-12H,1,5-6,8-9H2,2-3H3. The van der Waals surface area contributed by atoms with Crippen molar-refractivity contribution >= 4 is 5.78 Å². The molecule has 0 spiro atoms. The molecule has 0 aromatic carbocycles. The van der Waals surface area contributed by atoms with Gasteiger partial charge in [0.05, 0.1) is 0 Å². The highest BCUT2D eigenvalue weighted by atomic mass is 16.1. The van der Waals surface area contributed by atoms with Gasteiger partial charge >= 0.3 is 0 Å². The van der Waals surface area contributed by atoms with Gasteiger partial charge in [-0.3, -0.25) is 4.79 Å². The van der Waals surface area contributed by atoms with Gasteiger partial charge in [0.2, 0.25) is 0 Å². The van der Waals surface area contributed by atoms with Crippen molar-refractivity contribution in [1.29, 1.82) is 0 Å². The Labute approximate surface area is 92.3 Å². The lowest BCUT2D eigenvalue weighted by atomic mass is 9.94. The first-order valence-electron chi connectivity index (χ1n) is 5.90. The average Bonchev–Trinajstić information content (AvgIpc) is 2.78. The van der Waals surface area contributed by atoms with Gasteiger partial charge in [-0.2, -0.15) is 0 Å². The highest BCUT2D eigenvalue weighted by Gasteiger charge is 2.57. The maximum atomic E-state index is 11.8. The van der Waals surface area contributed by atoms with E-state index in [1.54, 1.807) is 0 Å². The molecule has 1 heteroatoms. The molecule has 0 aromatic heterocycles. The van der Waals surface area contributed by atoms with Gasteiger partial charge < -0.3 is 0 Å². The summed E-state index contributed by atoms with van der Waals surface area (Å²) in [6.07, 6.45) is 7.60. The monoisotopic (exact) mass is 204 g/mol. The Morgan fingerprint density at radius 2 is 2.33 bits per heavy atom. The fraction of sp³-hybridized carbons (Fsp3) is 0.643. The first-order valence-corrected chi connectivity index (χ1v) is 5.90. The summed E-state index contributed by atoms with van der Waals surface area (Å²) in [5.74, 6) is 1.95. The lowest BCUT2D eigenvalue weighted by molar-refractivity contribution is -0.115. The van der Waals surface area contributed by atoms with Crippen molar-refractivity contribution in [1.82, 2.24) is 0 Å². The molecule has 1 saturated carbocycles. The highest BCUT2D eigenvalue weighted by molar-refractivity contribution is 5.95. The number of ketones is 1. The van der Waals surface area contributed by atoms with Crippen LogP contribution in [0, 0.1) is 17.3 Å². The molecular weight excluding hydrogens is 184 g/mol. The Kier molecular flexibility index (Phi) is 2.57. The molecule has 1 nitrogen and oxygen atoms in total. The predicted octanol–water partition coefficient (Wildman–Crippen LogP) is 3.51. The van der Waals surface area contributed by atoms with Crippen LogP contribution in [0.1, 0.15) is 39.5 Å². The Morgan fingerprint density at radius 1 is 1.60 bits per heavy atom. The summed E-state index contributed by atoms with van der Waals surface area (Å²) in [7, 11) is 0. The molecule has 0 heterocycles. The summed E-state index contributed by atoms with van der Waals surface area (Å²) in [5, 5.41) is 0. The molecule has 82 valence electrons. The van der Waals surface area contributed by atoms with Crippen molar-refractivity contribution in [2.45, 2.75) is 39.5 Å². The number of Topliss-reactive ketones (excluding diaryl/α,β-unsaturated/α-hetero) is 1. The summed E-state index contributed by atoms with van der Waals surface area (Å²) in [4.78, 5) is 11.8. The van der Waals surface area contributed by atoms with Crippen LogP contribution in [-0.2, 0) is 4.79 Å². The minimum Gasteiger partial charge on any atom is -0.295 e. The fourth-order valence-corrected chi connectivity index (χ4v) is 2.94. The van der Waals surface area contributed by atoms with E-state index in [4.69, 9.17) is 0 Å². The van der Waals surface area contributed by atoms with Gasteiger partial charge in [-0.15, -0.1) is 6.58 Å². The molecule has 0 radical (unpaired) electrons. The molecule has 0 saturated heterocycles. The highest BCUT2D eigenvalue weighted by Crippen LogP contribution is 2.64. The Bertz CT molecular complexity index is 322. The summed E-state index contributed by atoms with van der Waals surface area (Å²) < 4.78 is 0. The van der Waals surface area contributed by atoms with E-state index in [0.29, 0.717) is 17.6 Å². The maximum absolute atomic E-state index is 11.8. The molecule has 15 heavy (non-hydrogen) atoms. The number of hydrogen-bond donors (Lipinski definition) is 0. The Balaban J connectivity index is 1.94. The van der Waals surface area contributed by atoms with Crippen LogP contribution >= 0.6 is 0 Å². The topological polar surface area (TPSA) is 17.1 Å². The van der Waals surface area contributed by atoms with Gasteiger partial charge in [0.15, 0.2) is 5.78 Å². The molecule has 2 unspecified atom stereocenters. The van der Waals surface area contributed by atoms with E-state index in [1.807, 2.05) is 6.08 Å². The number of rotatable bonds is 4. The van der Waals surface area contributed by atoms with Gasteiger partial charge in [0.25, 0.3) is 0 Å². The second-order valence-corrected chi connectivity index (χ2v) is 5.45. The third-order valence-electron chi connectivity index (χ3n) is 4.28. The third-order valence-corrected chi connectivity index (χ3v) is 4.28. The van der Waals surface area contributed by atoms with Crippen LogP contribution in [0.15, 0.2) is 24.3 Å². The van der Waals surface area contributed by atoms with E-state index >= 15 is 0 Å². The SMILES string of the molecule is C=CCCC(=O)C1=CCC2C(C1)C2(C)C. The van der Waals surface area contributed by atoms with Crippen molar-refractivity contribution < 1.29 is 4.79 Å². The molecule has 1 fully saturated rings. The minimum atomic E-state index is 0.344. The normalized spacial score (nSPS) is 31.5. The molecule has 2 atom stereocenters. The number of carbonyl (C=O) groups is 1. The van der Waals surface area contributed by atoms with Gasteiger partial charge in [-0.1, -0.05) is 26.0 Å². The zero-order chi connectivity index (χ0) is 11.1. The molecule has 2 aliphatic carbocycles. The van der Waals surface area contributed by atoms with E-state index < -0.39 is 0 Å².